The van der Waals surface area contributed by atoms with Crippen molar-refractivity contribution in [3.05, 3.63) is 58.7 Å². The van der Waals surface area contributed by atoms with Gasteiger partial charge in [0.15, 0.2) is 5.69 Å². The summed E-state index contributed by atoms with van der Waals surface area (Å²) in [4.78, 5) is 20.8. The van der Waals surface area contributed by atoms with Crippen molar-refractivity contribution < 1.29 is 9.63 Å². The summed E-state index contributed by atoms with van der Waals surface area (Å²) < 4.78 is 1.86. The van der Waals surface area contributed by atoms with E-state index in [1.165, 1.54) is 0 Å². The number of hydroxylamine groups is 2. The number of amides is 1. The van der Waals surface area contributed by atoms with Crippen LogP contribution in [0, 0.1) is 0 Å². The Morgan fingerprint density at radius 3 is 2.64 bits per heavy atom. The normalized spacial score (nSPS) is 11.8. The van der Waals surface area contributed by atoms with Crippen molar-refractivity contribution >= 4 is 17.2 Å². The van der Waals surface area contributed by atoms with E-state index in [2.05, 4.69) is 13.5 Å². The van der Waals surface area contributed by atoms with Gasteiger partial charge >= 0.3 is 0 Å². The van der Waals surface area contributed by atoms with E-state index < -0.39 is 0 Å². The molecule has 0 bridgehead atoms. The Morgan fingerprint density at radius 1 is 1.39 bits per heavy atom. The monoisotopic (exact) mass is 402 g/mol. The van der Waals surface area contributed by atoms with Gasteiger partial charge in [-0.05, 0) is 44.7 Å². The third-order valence-corrected chi connectivity index (χ3v) is 5.20. The first-order chi connectivity index (χ1) is 13.2. The molecule has 2 heterocycles. The molecule has 0 fully saturated rings. The van der Waals surface area contributed by atoms with Gasteiger partial charge in [-0.25, -0.2) is 4.68 Å². The molecule has 0 saturated carbocycles. The van der Waals surface area contributed by atoms with Crippen molar-refractivity contribution in [2.24, 2.45) is 0 Å². The standard InChI is InChI=1S/C21H30N4O2S/c1-8-10-12-23(6)27-14-17-18(9-2)25(16-11-13-28-15-16)22-19(17)20(26)24(7)21(3,4)5/h8,10-13,15H,1,9,14H2,2-7H3/b12-10-. The average molecular weight is 403 g/mol. The summed E-state index contributed by atoms with van der Waals surface area (Å²) in [5.41, 5.74) is 2.87. The van der Waals surface area contributed by atoms with E-state index in [9.17, 15) is 4.79 Å². The smallest absolute Gasteiger partial charge is 0.274 e. The van der Waals surface area contributed by atoms with Crippen LogP contribution in [0.2, 0.25) is 0 Å². The molecule has 28 heavy (non-hydrogen) atoms. The molecule has 152 valence electrons. The number of aromatic nitrogens is 2. The zero-order valence-electron chi connectivity index (χ0n) is 17.6. The second-order valence-corrected chi connectivity index (χ2v) is 8.23. The molecule has 0 atom stereocenters. The summed E-state index contributed by atoms with van der Waals surface area (Å²) in [6.45, 7) is 12.0. The minimum Gasteiger partial charge on any atom is -0.335 e. The predicted molar refractivity (Wildman–Crippen MR) is 115 cm³/mol. The highest BCUT2D eigenvalue weighted by Crippen LogP contribution is 2.25. The minimum atomic E-state index is -0.308. The second-order valence-electron chi connectivity index (χ2n) is 7.45. The largest absolute Gasteiger partial charge is 0.335 e. The van der Waals surface area contributed by atoms with Crippen molar-refractivity contribution in [2.45, 2.75) is 46.3 Å². The fourth-order valence-electron chi connectivity index (χ4n) is 2.62. The number of carbonyl (C=O) groups excluding carboxylic acids is 1. The number of rotatable bonds is 8. The molecule has 0 saturated heterocycles. The van der Waals surface area contributed by atoms with Crippen LogP contribution in [-0.4, -0.2) is 45.3 Å². The molecule has 0 aromatic carbocycles. The highest BCUT2D eigenvalue weighted by molar-refractivity contribution is 7.08. The van der Waals surface area contributed by atoms with Crippen LogP contribution in [-0.2, 0) is 17.9 Å². The Balaban J connectivity index is 2.48. The lowest BCUT2D eigenvalue weighted by Crippen LogP contribution is -2.43. The van der Waals surface area contributed by atoms with Crippen LogP contribution in [0.15, 0.2) is 41.8 Å². The number of thiophene rings is 1. The molecular formula is C21H30N4O2S. The Kier molecular flexibility index (Phi) is 7.21. The van der Waals surface area contributed by atoms with E-state index in [1.807, 2.05) is 42.3 Å². The average Bonchev–Trinajstić information content (AvgIpc) is 3.29. The van der Waals surface area contributed by atoms with Gasteiger partial charge in [0.05, 0.1) is 11.4 Å². The lowest BCUT2D eigenvalue weighted by Gasteiger charge is -2.31. The quantitative estimate of drug-likeness (QED) is 0.484. The van der Waals surface area contributed by atoms with Gasteiger partial charge in [-0.15, -0.1) is 0 Å². The van der Waals surface area contributed by atoms with Gasteiger partial charge in [-0.2, -0.15) is 16.4 Å². The topological polar surface area (TPSA) is 50.6 Å². The maximum atomic E-state index is 13.2. The molecule has 0 spiro atoms. The van der Waals surface area contributed by atoms with Crippen molar-refractivity contribution in [1.82, 2.24) is 19.7 Å². The maximum Gasteiger partial charge on any atom is 0.274 e. The molecule has 0 aliphatic heterocycles. The Labute approximate surface area is 171 Å². The summed E-state index contributed by atoms with van der Waals surface area (Å²) in [6.07, 6.45) is 5.97. The molecule has 2 aromatic rings. The van der Waals surface area contributed by atoms with Gasteiger partial charge in [-0.3, -0.25) is 14.7 Å². The second kappa shape index (κ2) is 9.21. The predicted octanol–water partition coefficient (Wildman–Crippen LogP) is 4.43. The number of hydrogen-bond acceptors (Lipinski definition) is 5. The lowest BCUT2D eigenvalue weighted by molar-refractivity contribution is -0.112. The minimum absolute atomic E-state index is 0.112. The van der Waals surface area contributed by atoms with Crippen molar-refractivity contribution in [1.29, 1.82) is 0 Å². The zero-order chi connectivity index (χ0) is 20.9. The first-order valence-corrected chi connectivity index (χ1v) is 10.2. The number of hydrogen-bond donors (Lipinski definition) is 0. The van der Waals surface area contributed by atoms with Gasteiger partial charge in [0.25, 0.3) is 5.91 Å². The van der Waals surface area contributed by atoms with Crippen LogP contribution >= 0.6 is 11.3 Å². The third-order valence-electron chi connectivity index (χ3n) is 4.53. The highest BCUT2D eigenvalue weighted by Gasteiger charge is 2.30. The van der Waals surface area contributed by atoms with Gasteiger partial charge in [-0.1, -0.05) is 19.6 Å². The number of carbonyl (C=O) groups is 1. The zero-order valence-corrected chi connectivity index (χ0v) is 18.4. The van der Waals surface area contributed by atoms with E-state index >= 15 is 0 Å². The van der Waals surface area contributed by atoms with Crippen LogP contribution in [0.5, 0.6) is 0 Å². The van der Waals surface area contributed by atoms with Gasteiger partial charge < -0.3 is 4.90 Å². The Bertz CT molecular complexity index is 831. The highest BCUT2D eigenvalue weighted by atomic mass is 32.1. The summed E-state index contributed by atoms with van der Waals surface area (Å²) in [5, 5.41) is 10.3. The van der Waals surface area contributed by atoms with E-state index in [4.69, 9.17) is 9.94 Å². The molecule has 0 radical (unpaired) electrons. The molecule has 0 unspecified atom stereocenters. The van der Waals surface area contributed by atoms with Crippen LogP contribution in [0.25, 0.3) is 5.69 Å². The molecule has 6 nitrogen and oxygen atoms in total. The van der Waals surface area contributed by atoms with E-state index in [-0.39, 0.29) is 18.1 Å². The van der Waals surface area contributed by atoms with E-state index in [0.717, 1.165) is 23.4 Å². The van der Waals surface area contributed by atoms with Gasteiger partial charge in [0, 0.05) is 36.8 Å². The summed E-state index contributed by atoms with van der Waals surface area (Å²) in [6, 6.07) is 2.00. The van der Waals surface area contributed by atoms with E-state index in [0.29, 0.717) is 5.69 Å². The number of allylic oxidation sites excluding steroid dienone is 2. The fraction of sp³-hybridized carbons (Fsp3) is 0.429. The summed E-state index contributed by atoms with van der Waals surface area (Å²) in [5.74, 6) is -0.112. The maximum absolute atomic E-state index is 13.2. The molecule has 2 aromatic heterocycles. The molecule has 0 N–H and O–H groups in total. The molecule has 1 amide bonds. The van der Waals surface area contributed by atoms with Gasteiger partial charge in [0.1, 0.15) is 6.61 Å². The number of nitrogens with zero attached hydrogens (tertiary/aromatic N) is 4. The van der Waals surface area contributed by atoms with Crippen LogP contribution < -0.4 is 0 Å². The molecule has 2 rings (SSSR count). The van der Waals surface area contributed by atoms with Crippen molar-refractivity contribution in [2.75, 3.05) is 14.1 Å². The lowest BCUT2D eigenvalue weighted by atomic mass is 10.0. The molecule has 0 aliphatic rings. The Morgan fingerprint density at radius 2 is 2.11 bits per heavy atom. The summed E-state index contributed by atoms with van der Waals surface area (Å²) >= 11 is 1.60. The first kappa shape index (κ1) is 21.9. The van der Waals surface area contributed by atoms with Crippen molar-refractivity contribution in [3.8, 4) is 5.69 Å². The third kappa shape index (κ3) is 4.91. The van der Waals surface area contributed by atoms with Crippen LogP contribution in [0.3, 0.4) is 0 Å². The Hall–Kier alpha value is -2.38. The van der Waals surface area contributed by atoms with E-state index in [1.54, 1.807) is 53.7 Å². The van der Waals surface area contributed by atoms with Crippen LogP contribution in [0.4, 0.5) is 0 Å². The fourth-order valence-corrected chi connectivity index (χ4v) is 3.23. The summed E-state index contributed by atoms with van der Waals surface area (Å²) in [7, 11) is 3.61. The first-order valence-electron chi connectivity index (χ1n) is 9.27. The molecular weight excluding hydrogens is 372 g/mol. The molecule has 0 aliphatic carbocycles. The van der Waals surface area contributed by atoms with Gasteiger partial charge in [0.2, 0.25) is 0 Å². The SMILES string of the molecule is C=C/C=C\N(C)OCc1c(C(=O)N(C)C(C)(C)C)nn(-c2ccsc2)c1CC. The molecule has 7 heteroatoms. The van der Waals surface area contributed by atoms with Crippen LogP contribution in [0.1, 0.15) is 49.4 Å². The van der Waals surface area contributed by atoms with Crippen molar-refractivity contribution in [3.63, 3.8) is 0 Å².